The molecule has 1 rings (SSSR count). The Hall–Kier alpha value is -1.59. The number of rotatable bonds is 8. The number of nitrogens with zero attached hydrogens (tertiary/aromatic N) is 4. The largest absolute Gasteiger partial charge is 0.461 e. The molecule has 0 atom stereocenters. The Morgan fingerprint density at radius 3 is 2.47 bits per heavy atom. The molecule has 0 amide bonds. The van der Waals surface area contributed by atoms with E-state index in [0.29, 0.717) is 17.9 Å². The highest BCUT2D eigenvalue weighted by Gasteiger charge is 2.13. The summed E-state index contributed by atoms with van der Waals surface area (Å²) in [4.78, 5) is 15.1. The summed E-state index contributed by atoms with van der Waals surface area (Å²) in [7, 11) is 1.79. The maximum Gasteiger partial charge on any atom is 0.323 e. The van der Waals surface area contributed by atoms with E-state index < -0.39 is 0 Å². The van der Waals surface area contributed by atoms with Gasteiger partial charge >= 0.3 is 6.01 Å². The van der Waals surface area contributed by atoms with Gasteiger partial charge in [-0.15, -0.1) is 0 Å². The van der Waals surface area contributed by atoms with Crippen LogP contribution >= 0.6 is 0 Å². The number of hydrogen-bond acceptors (Lipinski definition) is 6. The summed E-state index contributed by atoms with van der Waals surface area (Å²) in [5.41, 5.74) is 0. The predicted molar refractivity (Wildman–Crippen MR) is 77.9 cm³/mol. The van der Waals surface area contributed by atoms with Crippen LogP contribution in [-0.4, -0.2) is 41.2 Å². The molecule has 0 aliphatic heterocycles. The van der Waals surface area contributed by atoms with Crippen molar-refractivity contribution in [1.82, 2.24) is 15.0 Å². The summed E-state index contributed by atoms with van der Waals surface area (Å²) in [5.74, 6) is 1.21. The molecule has 1 aromatic rings. The second kappa shape index (κ2) is 7.76. The maximum atomic E-state index is 5.57. The summed E-state index contributed by atoms with van der Waals surface area (Å²) in [6.45, 7) is 10.00. The van der Waals surface area contributed by atoms with Crippen LogP contribution < -0.4 is 15.0 Å². The Bertz CT molecular complexity index is 383. The lowest BCUT2D eigenvalue weighted by Crippen LogP contribution is -2.27. The normalized spacial score (nSPS) is 10.6. The van der Waals surface area contributed by atoms with Gasteiger partial charge < -0.3 is 15.0 Å². The van der Waals surface area contributed by atoms with E-state index in [9.17, 15) is 0 Å². The van der Waals surface area contributed by atoms with Crippen molar-refractivity contribution in [3.8, 4) is 6.01 Å². The van der Waals surface area contributed by atoms with Gasteiger partial charge in [-0.1, -0.05) is 13.3 Å². The molecule has 108 valence electrons. The van der Waals surface area contributed by atoms with Gasteiger partial charge in [0.1, 0.15) is 0 Å². The highest BCUT2D eigenvalue weighted by atomic mass is 16.5. The molecule has 0 saturated carbocycles. The third kappa shape index (κ3) is 4.89. The molecule has 19 heavy (non-hydrogen) atoms. The fraction of sp³-hybridized carbons (Fsp3) is 0.769. The molecule has 1 aromatic heterocycles. The van der Waals surface area contributed by atoms with Crippen LogP contribution in [0.2, 0.25) is 0 Å². The van der Waals surface area contributed by atoms with Crippen LogP contribution in [0.5, 0.6) is 6.01 Å². The molecular weight excluding hydrogens is 242 g/mol. The molecule has 0 saturated heterocycles. The van der Waals surface area contributed by atoms with Gasteiger partial charge in [-0.25, -0.2) is 0 Å². The third-order valence-corrected chi connectivity index (χ3v) is 2.61. The standard InChI is InChI=1S/C13H25N5O/c1-6-8-9-18(7-2)12-15-11(14-5)16-13(17-12)19-10(3)4/h10H,6-9H2,1-5H3,(H,14,15,16,17). The molecule has 0 radical (unpaired) electrons. The molecule has 0 unspecified atom stereocenters. The summed E-state index contributed by atoms with van der Waals surface area (Å²) in [6.07, 6.45) is 2.32. The van der Waals surface area contributed by atoms with E-state index >= 15 is 0 Å². The van der Waals surface area contributed by atoms with E-state index in [2.05, 4.69) is 39.0 Å². The average Bonchev–Trinajstić information content (AvgIpc) is 2.38. The van der Waals surface area contributed by atoms with Crippen LogP contribution in [0.4, 0.5) is 11.9 Å². The van der Waals surface area contributed by atoms with Crippen molar-refractivity contribution in [1.29, 1.82) is 0 Å². The van der Waals surface area contributed by atoms with E-state index in [1.54, 1.807) is 7.05 Å². The van der Waals surface area contributed by atoms with Crippen molar-refractivity contribution in [2.24, 2.45) is 0 Å². The number of anilines is 2. The molecule has 6 heteroatoms. The average molecular weight is 267 g/mol. The van der Waals surface area contributed by atoms with Crippen LogP contribution in [0.1, 0.15) is 40.5 Å². The summed E-state index contributed by atoms with van der Waals surface area (Å²) in [6, 6.07) is 0.374. The molecule has 0 aromatic carbocycles. The van der Waals surface area contributed by atoms with Gasteiger partial charge in [0.05, 0.1) is 6.10 Å². The zero-order valence-corrected chi connectivity index (χ0v) is 12.6. The number of hydrogen-bond donors (Lipinski definition) is 1. The Morgan fingerprint density at radius 2 is 1.95 bits per heavy atom. The number of aromatic nitrogens is 3. The van der Waals surface area contributed by atoms with Crippen molar-refractivity contribution >= 4 is 11.9 Å². The second-order valence-electron chi connectivity index (χ2n) is 4.59. The van der Waals surface area contributed by atoms with Crippen molar-refractivity contribution in [3.63, 3.8) is 0 Å². The van der Waals surface area contributed by atoms with Gasteiger partial charge in [-0.2, -0.15) is 15.0 Å². The lowest BCUT2D eigenvalue weighted by atomic mass is 10.3. The molecular formula is C13H25N5O. The molecule has 1 heterocycles. The summed E-state index contributed by atoms with van der Waals surface area (Å²) in [5, 5.41) is 2.95. The van der Waals surface area contributed by atoms with Gasteiger partial charge in [-0.05, 0) is 27.2 Å². The minimum Gasteiger partial charge on any atom is -0.461 e. The van der Waals surface area contributed by atoms with Crippen LogP contribution in [-0.2, 0) is 0 Å². The Kier molecular flexibility index (Phi) is 6.32. The van der Waals surface area contributed by atoms with Crippen LogP contribution in [0.25, 0.3) is 0 Å². The van der Waals surface area contributed by atoms with Gasteiger partial charge in [0.15, 0.2) is 0 Å². The molecule has 1 N–H and O–H groups in total. The number of unbranched alkanes of at least 4 members (excludes halogenated alkanes) is 1. The summed E-state index contributed by atoms with van der Waals surface area (Å²) >= 11 is 0. The van der Waals surface area contributed by atoms with E-state index in [0.717, 1.165) is 25.9 Å². The lowest BCUT2D eigenvalue weighted by Gasteiger charge is -2.21. The zero-order chi connectivity index (χ0) is 14.3. The minimum atomic E-state index is 0.0469. The highest BCUT2D eigenvalue weighted by Crippen LogP contribution is 2.16. The van der Waals surface area contributed by atoms with E-state index in [1.807, 2.05) is 13.8 Å². The van der Waals surface area contributed by atoms with Gasteiger partial charge in [0.25, 0.3) is 0 Å². The first-order valence-electron chi connectivity index (χ1n) is 6.96. The topological polar surface area (TPSA) is 63.2 Å². The van der Waals surface area contributed by atoms with Gasteiger partial charge in [0, 0.05) is 20.1 Å². The molecule has 0 aliphatic rings. The first-order chi connectivity index (χ1) is 9.10. The molecule has 0 spiro atoms. The van der Waals surface area contributed by atoms with Gasteiger partial charge in [-0.3, -0.25) is 0 Å². The Balaban J connectivity index is 2.96. The number of nitrogens with one attached hydrogen (secondary N) is 1. The van der Waals surface area contributed by atoms with E-state index in [4.69, 9.17) is 4.74 Å². The predicted octanol–water partition coefficient (Wildman–Crippen LogP) is 2.33. The monoisotopic (exact) mass is 267 g/mol. The quantitative estimate of drug-likeness (QED) is 0.780. The Labute approximate surface area is 115 Å². The summed E-state index contributed by atoms with van der Waals surface area (Å²) < 4.78 is 5.57. The van der Waals surface area contributed by atoms with Crippen molar-refractivity contribution in [3.05, 3.63) is 0 Å². The van der Waals surface area contributed by atoms with E-state index in [1.165, 1.54) is 0 Å². The molecule has 6 nitrogen and oxygen atoms in total. The molecule has 0 bridgehead atoms. The zero-order valence-electron chi connectivity index (χ0n) is 12.6. The van der Waals surface area contributed by atoms with Gasteiger partial charge in [0.2, 0.25) is 11.9 Å². The van der Waals surface area contributed by atoms with Crippen molar-refractivity contribution in [2.45, 2.75) is 46.6 Å². The van der Waals surface area contributed by atoms with Crippen molar-refractivity contribution in [2.75, 3.05) is 30.4 Å². The lowest BCUT2D eigenvalue weighted by molar-refractivity contribution is 0.222. The fourth-order valence-electron chi connectivity index (χ4n) is 1.61. The highest BCUT2D eigenvalue weighted by molar-refractivity contribution is 5.37. The second-order valence-corrected chi connectivity index (χ2v) is 4.59. The van der Waals surface area contributed by atoms with E-state index in [-0.39, 0.29) is 6.10 Å². The number of ether oxygens (including phenoxy) is 1. The maximum absolute atomic E-state index is 5.57. The third-order valence-electron chi connectivity index (χ3n) is 2.61. The van der Waals surface area contributed by atoms with Crippen LogP contribution in [0.3, 0.4) is 0 Å². The molecule has 0 aliphatic carbocycles. The smallest absolute Gasteiger partial charge is 0.323 e. The van der Waals surface area contributed by atoms with Crippen LogP contribution in [0.15, 0.2) is 0 Å². The fourth-order valence-corrected chi connectivity index (χ4v) is 1.61. The first kappa shape index (κ1) is 15.5. The first-order valence-corrected chi connectivity index (χ1v) is 6.96. The SMILES string of the molecule is CCCCN(CC)c1nc(NC)nc(OC(C)C)n1. The van der Waals surface area contributed by atoms with Crippen LogP contribution in [0, 0.1) is 0 Å². The molecule has 0 fully saturated rings. The Morgan fingerprint density at radius 1 is 1.21 bits per heavy atom. The minimum absolute atomic E-state index is 0.0469. The van der Waals surface area contributed by atoms with Crippen molar-refractivity contribution < 1.29 is 4.74 Å².